The van der Waals surface area contributed by atoms with Crippen LogP contribution < -0.4 is 0 Å². The van der Waals surface area contributed by atoms with E-state index < -0.39 is 57.6 Å². The summed E-state index contributed by atoms with van der Waals surface area (Å²) in [7, 11) is 1.20. The van der Waals surface area contributed by atoms with Crippen molar-refractivity contribution in [3.63, 3.8) is 0 Å². The smallest absolute Gasteiger partial charge is 0.347 e. The third-order valence-corrected chi connectivity index (χ3v) is 7.28. The summed E-state index contributed by atoms with van der Waals surface area (Å²) in [4.78, 5) is 63.8. The molecule has 0 bridgehead atoms. The largest absolute Gasteiger partial charge is 0.481 e. The van der Waals surface area contributed by atoms with Crippen LogP contribution in [0.15, 0.2) is 0 Å². The molecular weight excluding hydrogens is 484 g/mol. The second-order valence-electron chi connectivity index (χ2n) is 11.6. The van der Waals surface area contributed by atoms with Crippen molar-refractivity contribution in [3.8, 4) is 0 Å². The monoisotopic (exact) mass is 528 g/mol. The molecule has 1 aliphatic heterocycles. The maximum atomic E-state index is 13.6. The van der Waals surface area contributed by atoms with Crippen LogP contribution in [0.25, 0.3) is 0 Å². The minimum absolute atomic E-state index is 0.0753. The van der Waals surface area contributed by atoms with Crippen LogP contribution in [-0.4, -0.2) is 61.4 Å². The highest BCUT2D eigenvalue weighted by atomic mass is 16.6. The third kappa shape index (κ3) is 8.17. The second-order valence-corrected chi connectivity index (χ2v) is 11.6. The Morgan fingerprint density at radius 3 is 1.95 bits per heavy atom. The average Bonchev–Trinajstić information content (AvgIpc) is 3.21. The van der Waals surface area contributed by atoms with E-state index >= 15 is 0 Å². The molecular formula is C27H44O10. The lowest BCUT2D eigenvalue weighted by Crippen LogP contribution is -2.47. The number of aliphatic carboxylic acids is 1. The molecule has 37 heavy (non-hydrogen) atoms. The summed E-state index contributed by atoms with van der Waals surface area (Å²) in [5.74, 6) is -3.72. The Hall–Kier alpha value is -2.65. The summed E-state index contributed by atoms with van der Waals surface area (Å²) >= 11 is 0. The highest BCUT2D eigenvalue weighted by Crippen LogP contribution is 2.49. The van der Waals surface area contributed by atoms with Gasteiger partial charge in [-0.3, -0.25) is 19.2 Å². The fraction of sp³-hybridized carbons (Fsp3) is 0.815. The molecule has 0 aliphatic carbocycles. The number of carboxylic acids is 1. The predicted molar refractivity (Wildman–Crippen MR) is 133 cm³/mol. The number of carbonyl (C=O) groups excluding carboxylic acids is 4. The van der Waals surface area contributed by atoms with Crippen LogP contribution in [0.3, 0.4) is 0 Å². The van der Waals surface area contributed by atoms with Gasteiger partial charge in [-0.15, -0.1) is 0 Å². The minimum Gasteiger partial charge on any atom is -0.481 e. The standard InChI is InChI=1S/C27H44O10/c1-9-11-13-36-21(31)24(3,4)15-26(6,23(33)37-18-12-14-35-19(18)28)17-27(7,22(32)34-8)16-25(5,10-2)20(29)30/h18H,9-17H2,1-8H3,(H,29,30). The number of unbranched alkanes of at least 4 members (excludes halogenated alkanes) is 1. The van der Waals surface area contributed by atoms with Crippen molar-refractivity contribution in [2.24, 2.45) is 21.7 Å². The SMILES string of the molecule is CCCCOC(=O)C(C)(C)CC(C)(CC(C)(CC(C)(CC)C(=O)O)C(=O)OC)C(=O)OC1CCOC1=O. The lowest BCUT2D eigenvalue weighted by Gasteiger charge is -2.42. The number of hydrogen-bond acceptors (Lipinski definition) is 9. The molecule has 1 heterocycles. The van der Waals surface area contributed by atoms with Gasteiger partial charge in [0.15, 0.2) is 0 Å². The molecule has 212 valence electrons. The van der Waals surface area contributed by atoms with E-state index in [1.54, 1.807) is 34.6 Å². The number of carbonyl (C=O) groups is 5. The van der Waals surface area contributed by atoms with Gasteiger partial charge in [0.2, 0.25) is 6.10 Å². The highest BCUT2D eigenvalue weighted by Gasteiger charge is 2.53. The van der Waals surface area contributed by atoms with Gasteiger partial charge in [0.05, 0.1) is 42.0 Å². The zero-order chi connectivity index (χ0) is 28.7. The molecule has 10 heteroatoms. The van der Waals surface area contributed by atoms with Crippen LogP contribution in [0.4, 0.5) is 0 Å². The first-order valence-electron chi connectivity index (χ1n) is 12.9. The van der Waals surface area contributed by atoms with Gasteiger partial charge in [0.1, 0.15) is 0 Å². The number of ether oxygens (including phenoxy) is 4. The zero-order valence-corrected chi connectivity index (χ0v) is 23.6. The number of carboxylic acid groups (broad SMARTS) is 1. The van der Waals surface area contributed by atoms with Crippen molar-refractivity contribution >= 4 is 29.8 Å². The maximum absolute atomic E-state index is 13.6. The molecule has 0 aromatic rings. The quantitative estimate of drug-likeness (QED) is 0.188. The van der Waals surface area contributed by atoms with E-state index in [-0.39, 0.29) is 45.3 Å². The Bertz CT molecular complexity index is 865. The summed E-state index contributed by atoms with van der Waals surface area (Å²) in [6, 6.07) is 0. The van der Waals surface area contributed by atoms with E-state index in [9.17, 15) is 29.1 Å². The number of methoxy groups -OCH3 is 1. The minimum atomic E-state index is -1.48. The molecule has 0 saturated carbocycles. The van der Waals surface area contributed by atoms with Gasteiger partial charge in [-0.2, -0.15) is 0 Å². The third-order valence-electron chi connectivity index (χ3n) is 7.28. The predicted octanol–water partition coefficient (Wildman–Crippen LogP) is 4.07. The van der Waals surface area contributed by atoms with Crippen molar-refractivity contribution < 1.29 is 48.0 Å². The van der Waals surface area contributed by atoms with Crippen LogP contribution in [0.1, 0.15) is 93.4 Å². The van der Waals surface area contributed by atoms with Crippen LogP contribution in [0.5, 0.6) is 0 Å². The number of hydrogen-bond donors (Lipinski definition) is 1. The van der Waals surface area contributed by atoms with E-state index in [1.165, 1.54) is 14.0 Å². The average molecular weight is 529 g/mol. The molecule has 1 N–H and O–H groups in total. The molecule has 0 aromatic heterocycles. The van der Waals surface area contributed by atoms with Crippen molar-refractivity contribution in [2.75, 3.05) is 20.3 Å². The molecule has 1 fully saturated rings. The van der Waals surface area contributed by atoms with Crippen LogP contribution in [0.2, 0.25) is 0 Å². The van der Waals surface area contributed by atoms with Crippen molar-refractivity contribution in [1.29, 1.82) is 0 Å². The summed E-state index contributed by atoms with van der Waals surface area (Å²) in [5.41, 5.74) is -5.34. The fourth-order valence-corrected chi connectivity index (χ4v) is 5.14. The van der Waals surface area contributed by atoms with E-state index in [4.69, 9.17) is 18.9 Å². The van der Waals surface area contributed by atoms with E-state index in [2.05, 4.69) is 0 Å². The topological polar surface area (TPSA) is 143 Å². The van der Waals surface area contributed by atoms with Gasteiger partial charge < -0.3 is 24.1 Å². The number of cyclic esters (lactones) is 1. The van der Waals surface area contributed by atoms with E-state index in [0.29, 0.717) is 6.42 Å². The van der Waals surface area contributed by atoms with E-state index in [0.717, 1.165) is 6.42 Å². The molecule has 4 atom stereocenters. The lowest BCUT2D eigenvalue weighted by molar-refractivity contribution is -0.176. The van der Waals surface area contributed by atoms with Gasteiger partial charge in [0.25, 0.3) is 0 Å². The summed E-state index contributed by atoms with van der Waals surface area (Å²) in [6.07, 6.45) is 0.506. The first-order valence-corrected chi connectivity index (χ1v) is 12.9. The molecule has 10 nitrogen and oxygen atoms in total. The van der Waals surface area contributed by atoms with Crippen LogP contribution >= 0.6 is 0 Å². The van der Waals surface area contributed by atoms with E-state index in [1.807, 2.05) is 6.92 Å². The Morgan fingerprint density at radius 2 is 1.49 bits per heavy atom. The molecule has 1 rings (SSSR count). The summed E-state index contributed by atoms with van der Waals surface area (Å²) < 4.78 is 20.9. The Balaban J connectivity index is 3.47. The number of esters is 4. The fourth-order valence-electron chi connectivity index (χ4n) is 5.14. The Kier molecular flexibility index (Phi) is 11.1. The van der Waals surface area contributed by atoms with Crippen molar-refractivity contribution in [2.45, 2.75) is 99.5 Å². The van der Waals surface area contributed by atoms with Crippen LogP contribution in [-0.2, 0) is 42.9 Å². The van der Waals surface area contributed by atoms with Crippen molar-refractivity contribution in [1.82, 2.24) is 0 Å². The maximum Gasteiger partial charge on any atom is 0.347 e. The second kappa shape index (κ2) is 12.7. The van der Waals surface area contributed by atoms with Gasteiger partial charge >= 0.3 is 29.8 Å². The summed E-state index contributed by atoms with van der Waals surface area (Å²) in [6.45, 7) is 12.0. The van der Waals surface area contributed by atoms with Gasteiger partial charge in [-0.25, -0.2) is 4.79 Å². The molecule has 0 amide bonds. The molecule has 0 aromatic carbocycles. The Morgan fingerprint density at radius 1 is 0.919 bits per heavy atom. The molecule has 1 saturated heterocycles. The van der Waals surface area contributed by atoms with Gasteiger partial charge in [-0.1, -0.05) is 20.3 Å². The lowest BCUT2D eigenvalue weighted by atomic mass is 9.61. The van der Waals surface area contributed by atoms with Gasteiger partial charge in [0, 0.05) is 6.42 Å². The summed E-state index contributed by atoms with van der Waals surface area (Å²) in [5, 5.41) is 9.88. The van der Waals surface area contributed by atoms with Gasteiger partial charge in [-0.05, 0) is 66.7 Å². The van der Waals surface area contributed by atoms with Crippen molar-refractivity contribution in [3.05, 3.63) is 0 Å². The Labute approximate surface area is 219 Å². The molecule has 0 radical (unpaired) electrons. The number of rotatable bonds is 15. The first kappa shape index (κ1) is 32.4. The molecule has 0 spiro atoms. The van der Waals surface area contributed by atoms with Crippen LogP contribution in [0, 0.1) is 21.7 Å². The molecule has 4 unspecified atom stereocenters. The first-order chi connectivity index (χ1) is 17.0. The molecule has 1 aliphatic rings. The highest BCUT2D eigenvalue weighted by molar-refractivity contribution is 5.86. The normalized spacial score (nSPS) is 20.5. The zero-order valence-electron chi connectivity index (χ0n) is 23.6.